The van der Waals surface area contributed by atoms with E-state index in [4.69, 9.17) is 4.74 Å². The van der Waals surface area contributed by atoms with Crippen LogP contribution in [0.2, 0.25) is 0 Å². The summed E-state index contributed by atoms with van der Waals surface area (Å²) in [5, 5.41) is 0.563. The summed E-state index contributed by atoms with van der Waals surface area (Å²) in [4.78, 5) is 31.3. The number of aromatic amines is 1. The molecule has 0 aliphatic heterocycles. The van der Waals surface area contributed by atoms with Crippen molar-refractivity contribution in [2.75, 3.05) is 0 Å². The maximum absolute atomic E-state index is 13.2. The third-order valence-electron chi connectivity index (χ3n) is 4.18. The number of ether oxygens (including phenoxy) is 1. The van der Waals surface area contributed by atoms with Gasteiger partial charge in [0.2, 0.25) is 0 Å². The van der Waals surface area contributed by atoms with Crippen LogP contribution < -0.4 is 5.56 Å². The topological polar surface area (TPSA) is 72.0 Å². The van der Waals surface area contributed by atoms with E-state index in [2.05, 4.69) is 9.97 Å². The lowest BCUT2D eigenvalue weighted by Crippen LogP contribution is -2.21. The van der Waals surface area contributed by atoms with E-state index in [0.717, 1.165) is 17.7 Å². The molecule has 0 radical (unpaired) electrons. The molecule has 1 atom stereocenters. The second-order valence-corrected chi connectivity index (χ2v) is 5.72. The van der Waals surface area contributed by atoms with Crippen LogP contribution in [0.5, 0.6) is 0 Å². The number of nitrogens with zero attached hydrogens (tertiary/aromatic N) is 1. The molecule has 6 heteroatoms. The summed E-state index contributed by atoms with van der Waals surface area (Å²) >= 11 is 0. The highest BCUT2D eigenvalue weighted by Gasteiger charge is 2.28. The van der Waals surface area contributed by atoms with E-state index in [1.165, 1.54) is 24.3 Å². The molecule has 1 aliphatic rings. The molecular formula is C18H13FN2O3. The van der Waals surface area contributed by atoms with Gasteiger partial charge in [-0.25, -0.2) is 9.18 Å². The Labute approximate surface area is 136 Å². The van der Waals surface area contributed by atoms with Crippen LogP contribution >= 0.6 is 0 Å². The minimum atomic E-state index is -0.703. The first kappa shape index (κ1) is 14.6. The molecule has 1 aromatic carbocycles. The van der Waals surface area contributed by atoms with Gasteiger partial charge in [-0.15, -0.1) is 0 Å². The second-order valence-electron chi connectivity index (χ2n) is 5.72. The van der Waals surface area contributed by atoms with Crippen molar-refractivity contribution < 1.29 is 13.9 Å². The van der Waals surface area contributed by atoms with Crippen LogP contribution in [0.25, 0.3) is 10.9 Å². The quantitative estimate of drug-likeness (QED) is 0.736. The van der Waals surface area contributed by atoms with Gasteiger partial charge in [0.25, 0.3) is 5.56 Å². The summed E-state index contributed by atoms with van der Waals surface area (Å²) in [6.07, 6.45) is 2.64. The van der Waals surface area contributed by atoms with E-state index in [9.17, 15) is 14.0 Å². The van der Waals surface area contributed by atoms with Gasteiger partial charge >= 0.3 is 5.97 Å². The number of esters is 1. The van der Waals surface area contributed by atoms with E-state index in [1.807, 2.05) is 12.1 Å². The van der Waals surface area contributed by atoms with Crippen LogP contribution in [-0.2, 0) is 11.2 Å². The number of aromatic nitrogens is 2. The van der Waals surface area contributed by atoms with E-state index in [0.29, 0.717) is 17.3 Å². The fourth-order valence-electron chi connectivity index (χ4n) is 3.01. The Morgan fingerprint density at radius 1 is 1.29 bits per heavy atom. The molecule has 2 heterocycles. The highest BCUT2D eigenvalue weighted by Crippen LogP contribution is 2.32. The number of fused-ring (bicyclic) bond motifs is 2. The lowest BCUT2D eigenvalue weighted by Gasteiger charge is -2.12. The number of aryl methyl sites for hydroxylation is 1. The first-order valence-corrected chi connectivity index (χ1v) is 7.59. The molecule has 24 heavy (non-hydrogen) atoms. The van der Waals surface area contributed by atoms with Crippen LogP contribution in [0.15, 0.2) is 47.4 Å². The lowest BCUT2D eigenvalue weighted by molar-refractivity contribution is 0.0291. The number of carbonyl (C=O) groups is 1. The number of hydrogen-bond acceptors (Lipinski definition) is 4. The minimum Gasteiger partial charge on any atom is -0.452 e. The number of pyridine rings is 2. The van der Waals surface area contributed by atoms with Crippen molar-refractivity contribution in [1.29, 1.82) is 0 Å². The number of rotatable bonds is 2. The molecule has 0 saturated carbocycles. The predicted molar refractivity (Wildman–Crippen MR) is 85.2 cm³/mol. The summed E-state index contributed by atoms with van der Waals surface area (Å²) in [5.74, 6) is -1.16. The monoisotopic (exact) mass is 324 g/mol. The Hall–Kier alpha value is -3.02. The van der Waals surface area contributed by atoms with Gasteiger partial charge in [-0.1, -0.05) is 6.07 Å². The minimum absolute atomic E-state index is 0.0986. The zero-order chi connectivity index (χ0) is 16.7. The molecule has 1 N–H and O–H groups in total. The third kappa shape index (κ3) is 2.46. The summed E-state index contributed by atoms with van der Waals surface area (Å²) in [7, 11) is 0. The molecule has 1 aliphatic carbocycles. The van der Waals surface area contributed by atoms with Gasteiger partial charge in [0.05, 0.1) is 11.2 Å². The first-order valence-electron chi connectivity index (χ1n) is 7.59. The van der Waals surface area contributed by atoms with E-state index in [-0.39, 0.29) is 5.56 Å². The van der Waals surface area contributed by atoms with Gasteiger partial charge in [-0.2, -0.15) is 0 Å². The fraction of sp³-hybridized carbons (Fsp3) is 0.167. The highest BCUT2D eigenvalue weighted by atomic mass is 19.1. The number of hydrogen-bond donors (Lipinski definition) is 1. The first-order chi connectivity index (χ1) is 11.6. The van der Waals surface area contributed by atoms with Crippen LogP contribution in [-0.4, -0.2) is 15.9 Å². The Bertz CT molecular complexity index is 1010. The van der Waals surface area contributed by atoms with Crippen molar-refractivity contribution in [3.63, 3.8) is 0 Å². The maximum Gasteiger partial charge on any atom is 0.344 e. The number of nitrogens with one attached hydrogen (secondary N) is 1. The van der Waals surface area contributed by atoms with Gasteiger partial charge in [-0.3, -0.25) is 9.78 Å². The normalized spacial score (nSPS) is 16.1. The molecule has 0 saturated heterocycles. The Balaban J connectivity index is 1.66. The SMILES string of the molecule is O=C(OC1CCc2cccnc21)c1cc2ccc(F)cc2[nH]c1=O. The summed E-state index contributed by atoms with van der Waals surface area (Å²) in [6, 6.07) is 9.20. The van der Waals surface area contributed by atoms with Crippen molar-refractivity contribution in [2.45, 2.75) is 18.9 Å². The molecule has 120 valence electrons. The summed E-state index contributed by atoms with van der Waals surface area (Å²) < 4.78 is 18.7. The Morgan fingerprint density at radius 3 is 3.04 bits per heavy atom. The average molecular weight is 324 g/mol. The molecule has 3 aromatic rings. The van der Waals surface area contributed by atoms with Crippen LogP contribution in [0.4, 0.5) is 4.39 Å². The van der Waals surface area contributed by atoms with E-state index < -0.39 is 23.4 Å². The number of halogens is 1. The maximum atomic E-state index is 13.2. The standard InChI is InChI=1S/C18H13FN2O3/c19-12-5-3-11-8-13(17(22)21-14(11)9-12)18(23)24-15-6-4-10-2-1-7-20-16(10)15/h1-3,5,7-9,15H,4,6H2,(H,21,22). The number of carbonyl (C=O) groups excluding carboxylic acids is 1. The molecule has 2 aromatic heterocycles. The lowest BCUT2D eigenvalue weighted by atomic mass is 10.1. The number of benzene rings is 1. The van der Waals surface area contributed by atoms with Crippen LogP contribution in [0.1, 0.15) is 34.1 Å². The van der Waals surface area contributed by atoms with Crippen LogP contribution in [0.3, 0.4) is 0 Å². The molecule has 0 spiro atoms. The molecule has 0 amide bonds. The third-order valence-corrected chi connectivity index (χ3v) is 4.18. The van der Waals surface area contributed by atoms with Gasteiger partial charge in [0.15, 0.2) is 0 Å². The van der Waals surface area contributed by atoms with Crippen molar-refractivity contribution >= 4 is 16.9 Å². The summed E-state index contributed by atoms with van der Waals surface area (Å²) in [5.41, 5.74) is 1.43. The molecule has 4 rings (SSSR count). The average Bonchev–Trinajstić information content (AvgIpc) is 2.97. The Kier molecular flexibility index (Phi) is 3.37. The van der Waals surface area contributed by atoms with Gasteiger partial charge in [-0.05, 0) is 54.1 Å². The van der Waals surface area contributed by atoms with Crippen molar-refractivity contribution in [3.8, 4) is 0 Å². The fourth-order valence-corrected chi connectivity index (χ4v) is 3.01. The smallest absolute Gasteiger partial charge is 0.344 e. The Morgan fingerprint density at radius 2 is 2.17 bits per heavy atom. The zero-order valence-electron chi connectivity index (χ0n) is 12.6. The molecule has 0 fully saturated rings. The van der Waals surface area contributed by atoms with Crippen molar-refractivity contribution in [3.05, 3.63) is 75.6 Å². The van der Waals surface area contributed by atoms with Crippen molar-refractivity contribution in [1.82, 2.24) is 9.97 Å². The number of H-pyrrole nitrogens is 1. The van der Waals surface area contributed by atoms with Gasteiger partial charge in [0.1, 0.15) is 17.5 Å². The van der Waals surface area contributed by atoms with Crippen LogP contribution in [0, 0.1) is 5.82 Å². The van der Waals surface area contributed by atoms with Gasteiger partial charge in [0, 0.05) is 6.20 Å². The van der Waals surface area contributed by atoms with Crippen molar-refractivity contribution in [2.24, 2.45) is 0 Å². The largest absolute Gasteiger partial charge is 0.452 e. The molecular weight excluding hydrogens is 311 g/mol. The van der Waals surface area contributed by atoms with E-state index in [1.54, 1.807) is 6.20 Å². The van der Waals surface area contributed by atoms with Gasteiger partial charge < -0.3 is 9.72 Å². The molecule has 1 unspecified atom stereocenters. The summed E-state index contributed by atoms with van der Waals surface area (Å²) in [6.45, 7) is 0. The highest BCUT2D eigenvalue weighted by molar-refractivity contribution is 5.93. The van der Waals surface area contributed by atoms with E-state index >= 15 is 0 Å². The molecule has 0 bridgehead atoms. The zero-order valence-corrected chi connectivity index (χ0v) is 12.6. The predicted octanol–water partition coefficient (Wildman–Crippen LogP) is 2.91. The molecule has 5 nitrogen and oxygen atoms in total. The second kappa shape index (κ2) is 5.56.